The third kappa shape index (κ3) is 2.06. The number of nitrogens with zero attached hydrogens (tertiary/aromatic N) is 2. The van der Waals surface area contributed by atoms with Gasteiger partial charge in [-0.2, -0.15) is 0 Å². The molecule has 2 aromatic rings. The highest BCUT2D eigenvalue weighted by Gasteiger charge is 2.01. The average molecular weight is 204 g/mol. The topological polar surface area (TPSA) is 34.9 Å². The van der Waals surface area contributed by atoms with Crippen LogP contribution in [0.1, 0.15) is 19.4 Å². The molecule has 0 aliphatic heterocycles. The van der Waals surface area contributed by atoms with Crippen LogP contribution in [0.3, 0.4) is 0 Å². The number of fused-ring (bicyclic) bond motifs is 1. The molecule has 0 aliphatic carbocycles. The van der Waals surface area contributed by atoms with Gasteiger partial charge in [0, 0.05) is 30.4 Å². The minimum atomic E-state index is 0.0544. The highest BCUT2D eigenvalue weighted by Crippen LogP contribution is 2.09. The summed E-state index contributed by atoms with van der Waals surface area (Å²) in [5.41, 5.74) is 1.73. The van der Waals surface area contributed by atoms with Gasteiger partial charge in [0.1, 0.15) is 0 Å². The summed E-state index contributed by atoms with van der Waals surface area (Å²) in [4.78, 5) is 15.5. The van der Waals surface area contributed by atoms with Crippen LogP contribution in [-0.2, 0) is 7.05 Å². The quantitative estimate of drug-likeness (QED) is 0.659. The maximum atomic E-state index is 11.5. The van der Waals surface area contributed by atoms with Crippen molar-refractivity contribution in [3.05, 3.63) is 40.4 Å². The van der Waals surface area contributed by atoms with Crippen molar-refractivity contribution >= 4 is 10.9 Å². The van der Waals surface area contributed by atoms with Crippen LogP contribution in [-0.4, -0.2) is 9.55 Å². The van der Waals surface area contributed by atoms with Crippen LogP contribution >= 0.6 is 0 Å². The van der Waals surface area contributed by atoms with E-state index in [1.807, 2.05) is 32.9 Å². The van der Waals surface area contributed by atoms with Gasteiger partial charge >= 0.3 is 0 Å². The molecular weight excluding hydrogens is 188 g/mol. The van der Waals surface area contributed by atoms with Crippen molar-refractivity contribution in [2.24, 2.45) is 7.05 Å². The second kappa shape index (κ2) is 4.73. The van der Waals surface area contributed by atoms with Crippen molar-refractivity contribution in [1.82, 2.24) is 9.55 Å². The number of hydrogen-bond acceptors (Lipinski definition) is 2. The first-order valence-electron chi connectivity index (χ1n) is 5.10. The molecule has 0 atom stereocenters. The normalized spacial score (nSPS) is 9.60. The van der Waals surface area contributed by atoms with Crippen molar-refractivity contribution in [3.63, 3.8) is 0 Å². The number of rotatable bonds is 0. The van der Waals surface area contributed by atoms with E-state index in [2.05, 4.69) is 4.98 Å². The lowest BCUT2D eigenvalue weighted by atomic mass is 10.2. The molecule has 2 heterocycles. The van der Waals surface area contributed by atoms with Gasteiger partial charge in [0.2, 0.25) is 0 Å². The number of aryl methyl sites for hydroxylation is 2. The molecule has 0 N–H and O–H groups in total. The van der Waals surface area contributed by atoms with Gasteiger partial charge in [-0.3, -0.25) is 9.78 Å². The van der Waals surface area contributed by atoms with Crippen molar-refractivity contribution in [3.8, 4) is 0 Å². The van der Waals surface area contributed by atoms with Crippen LogP contribution < -0.4 is 5.56 Å². The molecule has 15 heavy (non-hydrogen) atoms. The van der Waals surface area contributed by atoms with E-state index < -0.39 is 0 Å². The Bertz CT molecular complexity index is 515. The van der Waals surface area contributed by atoms with E-state index in [1.54, 1.807) is 24.0 Å². The summed E-state index contributed by atoms with van der Waals surface area (Å²) in [6, 6.07) is 3.71. The molecule has 0 saturated carbocycles. The minimum Gasteiger partial charge on any atom is -0.311 e. The Morgan fingerprint density at radius 1 is 1.33 bits per heavy atom. The first-order chi connectivity index (χ1) is 7.20. The smallest absolute Gasteiger partial charge is 0.253 e. The van der Waals surface area contributed by atoms with Gasteiger partial charge in [-0.1, -0.05) is 13.8 Å². The Morgan fingerprint density at radius 3 is 2.67 bits per heavy atom. The van der Waals surface area contributed by atoms with Crippen molar-refractivity contribution < 1.29 is 0 Å². The van der Waals surface area contributed by atoms with Gasteiger partial charge in [0.15, 0.2) is 0 Å². The van der Waals surface area contributed by atoms with Gasteiger partial charge in [0.25, 0.3) is 5.56 Å². The van der Waals surface area contributed by atoms with Gasteiger partial charge in [-0.15, -0.1) is 0 Å². The van der Waals surface area contributed by atoms with E-state index in [4.69, 9.17) is 0 Å². The van der Waals surface area contributed by atoms with E-state index in [9.17, 15) is 4.79 Å². The van der Waals surface area contributed by atoms with Crippen LogP contribution in [0.5, 0.6) is 0 Å². The summed E-state index contributed by atoms with van der Waals surface area (Å²) in [6.07, 6.45) is 3.46. The Labute approximate surface area is 89.4 Å². The van der Waals surface area contributed by atoms with Gasteiger partial charge < -0.3 is 4.57 Å². The zero-order valence-corrected chi connectivity index (χ0v) is 9.61. The highest BCUT2D eigenvalue weighted by molar-refractivity contribution is 5.78. The van der Waals surface area contributed by atoms with Crippen molar-refractivity contribution in [1.29, 1.82) is 0 Å². The number of hydrogen-bond donors (Lipinski definition) is 0. The molecule has 0 aromatic carbocycles. The van der Waals surface area contributed by atoms with Crippen LogP contribution in [0.4, 0.5) is 0 Å². The average Bonchev–Trinajstić information content (AvgIpc) is 2.29. The molecule has 0 radical (unpaired) electrons. The van der Waals surface area contributed by atoms with Gasteiger partial charge in [0.05, 0.1) is 5.52 Å². The van der Waals surface area contributed by atoms with Gasteiger partial charge in [-0.25, -0.2) is 0 Å². The monoisotopic (exact) mass is 204 g/mol. The van der Waals surface area contributed by atoms with E-state index >= 15 is 0 Å². The fraction of sp³-hybridized carbons (Fsp3) is 0.333. The summed E-state index contributed by atoms with van der Waals surface area (Å²) in [5, 5.41) is 1.00. The van der Waals surface area contributed by atoms with E-state index in [0.717, 1.165) is 16.5 Å². The SMILES string of the molecule is CC.Cc1cc2cnccc2n(C)c1=O. The second-order valence-electron chi connectivity index (χ2n) is 3.13. The van der Waals surface area contributed by atoms with Crippen LogP contribution in [0.2, 0.25) is 0 Å². The lowest BCUT2D eigenvalue weighted by molar-refractivity contribution is 0.892. The van der Waals surface area contributed by atoms with E-state index in [1.165, 1.54) is 0 Å². The Balaban J connectivity index is 0.000000531. The third-order valence-corrected chi connectivity index (χ3v) is 2.20. The summed E-state index contributed by atoms with van der Waals surface area (Å²) in [5.74, 6) is 0. The molecule has 0 unspecified atom stereocenters. The van der Waals surface area contributed by atoms with E-state index in [0.29, 0.717) is 0 Å². The molecule has 80 valence electrons. The van der Waals surface area contributed by atoms with Crippen molar-refractivity contribution in [2.75, 3.05) is 0 Å². The van der Waals surface area contributed by atoms with Crippen LogP contribution in [0.25, 0.3) is 10.9 Å². The fourth-order valence-corrected chi connectivity index (χ4v) is 1.48. The zero-order chi connectivity index (χ0) is 11.4. The first kappa shape index (κ1) is 11.4. The molecule has 0 amide bonds. The fourth-order valence-electron chi connectivity index (χ4n) is 1.48. The molecule has 3 heteroatoms. The number of aromatic nitrogens is 2. The zero-order valence-electron chi connectivity index (χ0n) is 9.61. The lowest BCUT2D eigenvalue weighted by Crippen LogP contribution is -2.19. The predicted octanol–water partition coefficient (Wildman–Crippen LogP) is 2.27. The highest BCUT2D eigenvalue weighted by atomic mass is 16.1. The molecule has 2 aromatic heterocycles. The summed E-state index contributed by atoms with van der Waals surface area (Å²) in [7, 11) is 1.78. The Morgan fingerprint density at radius 2 is 2.00 bits per heavy atom. The second-order valence-corrected chi connectivity index (χ2v) is 3.13. The Kier molecular flexibility index (Phi) is 3.61. The van der Waals surface area contributed by atoms with Crippen LogP contribution in [0, 0.1) is 6.92 Å². The standard InChI is InChI=1S/C10H10N2O.C2H6/c1-7-5-8-6-11-4-3-9(8)12(2)10(7)13;1-2/h3-6H,1-2H3;1-2H3. The largest absolute Gasteiger partial charge is 0.311 e. The van der Waals surface area contributed by atoms with Crippen LogP contribution in [0.15, 0.2) is 29.3 Å². The Hall–Kier alpha value is -1.64. The predicted molar refractivity (Wildman–Crippen MR) is 63.1 cm³/mol. The summed E-state index contributed by atoms with van der Waals surface area (Å²) >= 11 is 0. The first-order valence-corrected chi connectivity index (χ1v) is 5.10. The minimum absolute atomic E-state index is 0.0544. The molecule has 3 nitrogen and oxygen atoms in total. The summed E-state index contributed by atoms with van der Waals surface area (Å²) in [6.45, 7) is 5.81. The van der Waals surface area contributed by atoms with E-state index in [-0.39, 0.29) is 5.56 Å². The lowest BCUT2D eigenvalue weighted by Gasteiger charge is -2.04. The molecule has 2 rings (SSSR count). The molecule has 0 spiro atoms. The molecule has 0 aliphatic rings. The maximum absolute atomic E-state index is 11.5. The van der Waals surface area contributed by atoms with Gasteiger partial charge in [-0.05, 0) is 19.1 Å². The number of pyridine rings is 2. The maximum Gasteiger partial charge on any atom is 0.253 e. The van der Waals surface area contributed by atoms with Crippen molar-refractivity contribution in [2.45, 2.75) is 20.8 Å². The molecule has 0 fully saturated rings. The molecular formula is C12H16N2O. The molecule has 0 bridgehead atoms. The third-order valence-electron chi connectivity index (χ3n) is 2.20. The molecule has 0 saturated heterocycles. The summed E-state index contributed by atoms with van der Waals surface area (Å²) < 4.78 is 1.65.